The molecule has 0 spiro atoms. The van der Waals surface area contributed by atoms with Crippen molar-refractivity contribution in [2.75, 3.05) is 4.72 Å². The Morgan fingerprint density at radius 3 is 2.44 bits per heavy atom. The Balaban J connectivity index is 1.66. The number of nitrogens with one attached hydrogen (secondary N) is 1. The van der Waals surface area contributed by atoms with Crippen LogP contribution in [0.15, 0.2) is 76.4 Å². The molecule has 128 valence electrons. The summed E-state index contributed by atoms with van der Waals surface area (Å²) in [7, 11) is -1.70. The monoisotopic (exact) mass is 372 g/mol. The minimum atomic E-state index is -3.57. The van der Waals surface area contributed by atoms with E-state index in [1.165, 1.54) is 11.8 Å². The molecule has 1 N–H and O–H groups in total. The largest absolute Gasteiger partial charge is 0.311 e. The van der Waals surface area contributed by atoms with E-state index in [1.807, 2.05) is 54.1 Å². The van der Waals surface area contributed by atoms with Crippen LogP contribution in [0.25, 0.3) is 6.08 Å². The van der Waals surface area contributed by atoms with Gasteiger partial charge in [0.25, 0.3) is 10.0 Å². The van der Waals surface area contributed by atoms with Crippen molar-refractivity contribution < 1.29 is 8.42 Å². The molecule has 8 heteroatoms. The third-order valence-electron chi connectivity index (χ3n) is 3.23. The predicted molar refractivity (Wildman–Crippen MR) is 99.6 cm³/mol. The molecule has 0 aliphatic rings. The van der Waals surface area contributed by atoms with Crippen molar-refractivity contribution in [1.29, 1.82) is 0 Å². The van der Waals surface area contributed by atoms with Gasteiger partial charge in [-0.05, 0) is 47.7 Å². The quantitative estimate of drug-likeness (QED) is 0.718. The van der Waals surface area contributed by atoms with Gasteiger partial charge in [-0.25, -0.2) is 8.42 Å². The van der Waals surface area contributed by atoms with Crippen LogP contribution in [0.5, 0.6) is 0 Å². The third-order valence-corrected chi connectivity index (χ3v) is 5.31. The molecule has 0 fully saturated rings. The summed E-state index contributed by atoms with van der Waals surface area (Å²) in [6.45, 7) is 0. The molecular weight excluding hydrogens is 356 g/mol. The Hall–Kier alpha value is -2.58. The summed E-state index contributed by atoms with van der Waals surface area (Å²) in [5.74, 6) is 0. The van der Waals surface area contributed by atoms with Crippen LogP contribution in [0, 0.1) is 0 Å². The Bertz CT molecular complexity index is 965. The van der Waals surface area contributed by atoms with Crippen LogP contribution in [0.1, 0.15) is 5.56 Å². The maximum atomic E-state index is 12.1. The molecule has 1 heterocycles. The van der Waals surface area contributed by atoms with Crippen LogP contribution in [0.3, 0.4) is 0 Å². The van der Waals surface area contributed by atoms with Gasteiger partial charge in [-0.15, -0.1) is 10.2 Å². The molecule has 0 bridgehead atoms. The van der Waals surface area contributed by atoms with Crippen LogP contribution in [-0.4, -0.2) is 23.2 Å². The molecule has 0 amide bonds. The molecule has 0 aliphatic heterocycles. The normalized spacial score (nSPS) is 11.7. The lowest BCUT2D eigenvalue weighted by Crippen LogP contribution is -2.08. The van der Waals surface area contributed by atoms with Gasteiger partial charge in [0.2, 0.25) is 0 Å². The van der Waals surface area contributed by atoms with Crippen LogP contribution >= 0.6 is 11.8 Å². The minimum absolute atomic E-state index is 0.500. The molecule has 25 heavy (non-hydrogen) atoms. The standard InChI is InChI=1S/C17H16N4O2S2/c1-21-13-18-19-17(21)24-16-9-7-15(8-10-16)20-25(22,23)12-11-14-5-3-2-4-6-14/h2-13,20H,1H3/b12-11+. The van der Waals surface area contributed by atoms with Crippen molar-refractivity contribution in [3.8, 4) is 0 Å². The van der Waals surface area contributed by atoms with Gasteiger partial charge in [0.15, 0.2) is 5.16 Å². The molecule has 0 atom stereocenters. The van der Waals surface area contributed by atoms with E-state index in [4.69, 9.17) is 0 Å². The Kier molecular flexibility index (Phi) is 5.20. The fourth-order valence-corrected chi connectivity index (χ4v) is 3.62. The highest BCUT2D eigenvalue weighted by Crippen LogP contribution is 2.26. The highest BCUT2D eigenvalue weighted by atomic mass is 32.2. The van der Waals surface area contributed by atoms with Gasteiger partial charge in [0.1, 0.15) is 6.33 Å². The summed E-state index contributed by atoms with van der Waals surface area (Å²) in [6.07, 6.45) is 3.19. The van der Waals surface area contributed by atoms with Crippen LogP contribution in [0.2, 0.25) is 0 Å². The second-order valence-corrected chi connectivity index (χ2v) is 7.82. The average Bonchev–Trinajstić information content (AvgIpc) is 3.01. The van der Waals surface area contributed by atoms with Gasteiger partial charge in [0, 0.05) is 17.6 Å². The minimum Gasteiger partial charge on any atom is -0.311 e. The lowest BCUT2D eigenvalue weighted by atomic mass is 10.2. The second kappa shape index (κ2) is 7.54. The predicted octanol–water partition coefficient (Wildman–Crippen LogP) is 3.38. The van der Waals surface area contributed by atoms with E-state index >= 15 is 0 Å². The smallest absolute Gasteiger partial charge is 0.255 e. The first-order valence-corrected chi connectivity index (χ1v) is 9.76. The van der Waals surface area contributed by atoms with E-state index in [2.05, 4.69) is 14.9 Å². The molecule has 6 nitrogen and oxygen atoms in total. The molecule has 0 aliphatic carbocycles. The van der Waals surface area contributed by atoms with Crippen molar-refractivity contribution in [1.82, 2.24) is 14.8 Å². The molecule has 0 saturated carbocycles. The topological polar surface area (TPSA) is 76.9 Å². The number of aromatic nitrogens is 3. The van der Waals surface area contributed by atoms with E-state index in [0.717, 1.165) is 21.0 Å². The Morgan fingerprint density at radius 1 is 1.08 bits per heavy atom. The zero-order chi connectivity index (χ0) is 17.7. The Labute approximate surface area is 150 Å². The van der Waals surface area contributed by atoms with E-state index in [9.17, 15) is 8.42 Å². The van der Waals surface area contributed by atoms with Gasteiger partial charge in [-0.2, -0.15) is 0 Å². The van der Waals surface area contributed by atoms with Crippen LogP contribution < -0.4 is 4.72 Å². The summed E-state index contributed by atoms with van der Waals surface area (Å²) in [6, 6.07) is 16.4. The summed E-state index contributed by atoms with van der Waals surface area (Å²) < 4.78 is 28.6. The van der Waals surface area contributed by atoms with E-state index in [-0.39, 0.29) is 0 Å². The summed E-state index contributed by atoms with van der Waals surface area (Å²) >= 11 is 1.45. The lowest BCUT2D eigenvalue weighted by molar-refractivity contribution is 0.609. The molecule has 3 aromatic rings. The maximum Gasteiger partial charge on any atom is 0.255 e. The highest BCUT2D eigenvalue weighted by Gasteiger charge is 2.07. The molecule has 2 aromatic carbocycles. The van der Waals surface area contributed by atoms with Gasteiger partial charge >= 0.3 is 0 Å². The summed E-state index contributed by atoms with van der Waals surface area (Å²) in [5.41, 5.74) is 1.32. The number of rotatable bonds is 6. The second-order valence-electron chi connectivity index (χ2n) is 5.21. The maximum absolute atomic E-state index is 12.1. The first-order valence-electron chi connectivity index (χ1n) is 7.40. The first kappa shape index (κ1) is 17.2. The average molecular weight is 372 g/mol. The lowest BCUT2D eigenvalue weighted by Gasteiger charge is -2.06. The zero-order valence-electron chi connectivity index (χ0n) is 13.4. The van der Waals surface area contributed by atoms with E-state index in [0.29, 0.717) is 5.69 Å². The number of anilines is 1. The number of hydrogen-bond donors (Lipinski definition) is 1. The summed E-state index contributed by atoms with van der Waals surface area (Å²) in [4.78, 5) is 0.943. The van der Waals surface area contributed by atoms with Crippen LogP contribution in [0.4, 0.5) is 5.69 Å². The van der Waals surface area contributed by atoms with Crippen molar-refractivity contribution in [3.63, 3.8) is 0 Å². The summed E-state index contributed by atoms with van der Waals surface area (Å²) in [5, 5.41) is 9.74. The molecular formula is C17H16N4O2S2. The number of nitrogens with zero attached hydrogens (tertiary/aromatic N) is 3. The van der Waals surface area contributed by atoms with Crippen molar-refractivity contribution in [2.24, 2.45) is 7.05 Å². The van der Waals surface area contributed by atoms with Gasteiger partial charge in [-0.3, -0.25) is 4.72 Å². The SMILES string of the molecule is Cn1cnnc1Sc1ccc(NS(=O)(=O)/C=C/c2ccccc2)cc1. The van der Waals surface area contributed by atoms with Crippen LogP contribution in [-0.2, 0) is 17.1 Å². The van der Waals surface area contributed by atoms with E-state index in [1.54, 1.807) is 24.5 Å². The highest BCUT2D eigenvalue weighted by molar-refractivity contribution is 7.99. The third kappa shape index (κ3) is 4.94. The Morgan fingerprint density at radius 2 is 1.80 bits per heavy atom. The molecule has 1 aromatic heterocycles. The molecule has 3 rings (SSSR count). The van der Waals surface area contributed by atoms with Gasteiger partial charge in [0.05, 0.1) is 5.41 Å². The van der Waals surface area contributed by atoms with Crippen molar-refractivity contribution >= 4 is 33.5 Å². The van der Waals surface area contributed by atoms with Crippen molar-refractivity contribution in [3.05, 3.63) is 71.9 Å². The number of hydrogen-bond acceptors (Lipinski definition) is 5. The molecule has 0 unspecified atom stereocenters. The first-order chi connectivity index (χ1) is 12.0. The van der Waals surface area contributed by atoms with Gasteiger partial charge < -0.3 is 4.57 Å². The zero-order valence-corrected chi connectivity index (χ0v) is 15.0. The van der Waals surface area contributed by atoms with Crippen molar-refractivity contribution in [2.45, 2.75) is 10.1 Å². The van der Waals surface area contributed by atoms with Gasteiger partial charge in [-0.1, -0.05) is 30.3 Å². The number of benzene rings is 2. The fourth-order valence-electron chi connectivity index (χ4n) is 1.99. The van der Waals surface area contributed by atoms with E-state index < -0.39 is 10.0 Å². The fraction of sp³-hybridized carbons (Fsp3) is 0.0588. The molecule has 0 radical (unpaired) electrons. The molecule has 0 saturated heterocycles. The number of sulfonamides is 1. The number of aryl methyl sites for hydroxylation is 1.